The fourth-order valence-electron chi connectivity index (χ4n) is 4.38. The molecule has 0 aliphatic heterocycles. The first-order chi connectivity index (χ1) is 13.0. The van der Waals surface area contributed by atoms with E-state index in [9.17, 15) is 13.2 Å². The van der Waals surface area contributed by atoms with Crippen LogP contribution in [0.25, 0.3) is 11.0 Å². The van der Waals surface area contributed by atoms with Crippen LogP contribution in [0.5, 0.6) is 0 Å². The largest absolute Gasteiger partial charge is 0.461 e. The van der Waals surface area contributed by atoms with Crippen molar-refractivity contribution in [3.63, 3.8) is 0 Å². The van der Waals surface area contributed by atoms with E-state index in [1.807, 2.05) is 6.07 Å². The van der Waals surface area contributed by atoms with Crippen molar-refractivity contribution >= 4 is 26.9 Å². The van der Waals surface area contributed by atoms with E-state index in [0.717, 1.165) is 49.7 Å². The van der Waals surface area contributed by atoms with Gasteiger partial charge in [0.1, 0.15) is 11.3 Å². The second-order valence-electron chi connectivity index (χ2n) is 7.62. The summed E-state index contributed by atoms with van der Waals surface area (Å²) in [4.78, 5) is 12.2. The quantitative estimate of drug-likeness (QED) is 0.535. The van der Waals surface area contributed by atoms with Gasteiger partial charge in [0.25, 0.3) is 5.91 Å². The van der Waals surface area contributed by atoms with Gasteiger partial charge in [-0.25, -0.2) is 18.6 Å². The first kappa shape index (κ1) is 18.5. The topological polar surface area (TPSA) is 109 Å². The molecule has 2 aliphatic carbocycles. The summed E-state index contributed by atoms with van der Waals surface area (Å²) in [6.07, 6.45) is 6.83. The summed E-state index contributed by atoms with van der Waals surface area (Å²) in [6, 6.07) is 4.95. The zero-order valence-electron chi connectivity index (χ0n) is 15.1. The number of aryl methyl sites for hydroxylation is 2. The van der Waals surface area contributed by atoms with Gasteiger partial charge < -0.3 is 4.42 Å². The van der Waals surface area contributed by atoms with Gasteiger partial charge in [0.2, 0.25) is 10.0 Å². The number of carbonyl (C=O) groups is 1. The second-order valence-corrected chi connectivity index (χ2v) is 9.39. The first-order valence-corrected chi connectivity index (χ1v) is 10.9. The number of nitrogens with one attached hydrogen (secondary N) is 2. The third-order valence-corrected chi connectivity index (χ3v) is 7.38. The van der Waals surface area contributed by atoms with Crippen molar-refractivity contribution in [2.75, 3.05) is 6.54 Å². The smallest absolute Gasteiger partial charge is 0.250 e. The third-order valence-electron chi connectivity index (χ3n) is 5.98. The molecular formula is C19H24N2O5S. The molecule has 4 rings (SSSR count). The fraction of sp³-hybridized carbons (Fsp3) is 0.526. The van der Waals surface area contributed by atoms with Crippen LogP contribution < -0.4 is 10.2 Å². The highest BCUT2D eigenvalue weighted by Gasteiger charge is 2.42. The Kier molecular flexibility index (Phi) is 4.73. The average Bonchev–Trinajstić information content (AvgIpc) is 3.30. The Labute approximate surface area is 158 Å². The Bertz CT molecular complexity index is 973. The molecule has 0 unspecified atom stereocenters. The molecule has 0 spiro atoms. The van der Waals surface area contributed by atoms with Crippen LogP contribution in [0.4, 0.5) is 0 Å². The van der Waals surface area contributed by atoms with Crippen LogP contribution in [0.1, 0.15) is 49.8 Å². The SMILES string of the molecule is O=C(NO)C1(CNS(=O)(=O)c2ccc3c4c(oc3c2)CCCC4)CCCC1. The van der Waals surface area contributed by atoms with Crippen LogP contribution in [0, 0.1) is 5.41 Å². The van der Waals surface area contributed by atoms with Crippen LogP contribution in [-0.2, 0) is 27.7 Å². The summed E-state index contributed by atoms with van der Waals surface area (Å²) in [5.41, 5.74) is 2.58. The van der Waals surface area contributed by atoms with Crippen molar-refractivity contribution in [2.45, 2.75) is 56.3 Å². The van der Waals surface area contributed by atoms with Crippen molar-refractivity contribution in [1.82, 2.24) is 10.2 Å². The molecule has 7 nitrogen and oxygen atoms in total. The summed E-state index contributed by atoms with van der Waals surface area (Å²) in [5.74, 6) is 0.431. The molecule has 1 heterocycles. The molecule has 27 heavy (non-hydrogen) atoms. The molecule has 1 amide bonds. The van der Waals surface area contributed by atoms with E-state index in [0.29, 0.717) is 18.4 Å². The molecule has 0 saturated heterocycles. The fourth-order valence-corrected chi connectivity index (χ4v) is 5.52. The van der Waals surface area contributed by atoms with Crippen molar-refractivity contribution in [1.29, 1.82) is 0 Å². The van der Waals surface area contributed by atoms with Crippen molar-refractivity contribution < 1.29 is 22.8 Å². The second kappa shape index (κ2) is 6.92. The minimum Gasteiger partial charge on any atom is -0.461 e. The van der Waals surface area contributed by atoms with E-state index < -0.39 is 21.3 Å². The predicted molar refractivity (Wildman–Crippen MR) is 98.9 cm³/mol. The molecule has 0 atom stereocenters. The molecule has 2 aliphatic rings. The maximum Gasteiger partial charge on any atom is 0.250 e. The first-order valence-electron chi connectivity index (χ1n) is 9.44. The average molecular weight is 392 g/mol. The summed E-state index contributed by atoms with van der Waals surface area (Å²) in [7, 11) is -3.79. The van der Waals surface area contributed by atoms with Gasteiger partial charge in [-0.2, -0.15) is 0 Å². The number of carbonyl (C=O) groups excluding carboxylic acids is 1. The summed E-state index contributed by atoms with van der Waals surface area (Å²) in [6.45, 7) is -0.0333. The molecule has 1 aromatic heterocycles. The Balaban J connectivity index is 1.59. The number of hydrogen-bond donors (Lipinski definition) is 3. The lowest BCUT2D eigenvalue weighted by Crippen LogP contribution is -2.46. The number of rotatable bonds is 5. The Morgan fingerprint density at radius 3 is 2.63 bits per heavy atom. The molecule has 1 fully saturated rings. The molecule has 146 valence electrons. The molecule has 1 saturated carbocycles. The van der Waals surface area contributed by atoms with Crippen molar-refractivity contribution in [3.8, 4) is 0 Å². The minimum atomic E-state index is -3.79. The van der Waals surface area contributed by atoms with Gasteiger partial charge in [0.15, 0.2) is 0 Å². The number of amides is 1. The Hall–Kier alpha value is -1.90. The lowest BCUT2D eigenvalue weighted by Gasteiger charge is -2.26. The number of fused-ring (bicyclic) bond motifs is 3. The van der Waals surface area contributed by atoms with Gasteiger partial charge in [-0.1, -0.05) is 12.8 Å². The van der Waals surface area contributed by atoms with Gasteiger partial charge in [-0.15, -0.1) is 0 Å². The van der Waals surface area contributed by atoms with Gasteiger partial charge in [-0.3, -0.25) is 10.0 Å². The zero-order valence-corrected chi connectivity index (χ0v) is 15.9. The van der Waals surface area contributed by atoms with E-state index in [-0.39, 0.29) is 11.4 Å². The standard InChI is InChI=1S/C19H24N2O5S/c22-18(21-23)19(9-3-4-10-19)12-20-27(24,25)13-7-8-15-14-5-1-2-6-16(14)26-17(15)11-13/h7-8,11,20,23H,1-6,9-10,12H2,(H,21,22). The number of benzene rings is 1. The van der Waals surface area contributed by atoms with Crippen LogP contribution in [0.15, 0.2) is 27.5 Å². The van der Waals surface area contributed by atoms with Gasteiger partial charge in [0.05, 0.1) is 10.3 Å². The molecule has 8 heteroatoms. The van der Waals surface area contributed by atoms with Crippen molar-refractivity contribution in [2.24, 2.45) is 5.41 Å². The minimum absolute atomic E-state index is 0.0333. The maximum atomic E-state index is 12.8. The normalized spacial score (nSPS) is 19.1. The van der Waals surface area contributed by atoms with E-state index >= 15 is 0 Å². The van der Waals surface area contributed by atoms with Crippen LogP contribution in [0.3, 0.4) is 0 Å². The number of hydroxylamine groups is 1. The van der Waals surface area contributed by atoms with Gasteiger partial charge in [-0.05, 0) is 44.2 Å². The highest BCUT2D eigenvalue weighted by atomic mass is 32.2. The van der Waals surface area contributed by atoms with Crippen LogP contribution in [-0.4, -0.2) is 26.1 Å². The van der Waals surface area contributed by atoms with Crippen LogP contribution in [0.2, 0.25) is 0 Å². The molecule has 0 bridgehead atoms. The summed E-state index contributed by atoms with van der Waals surface area (Å²) < 4.78 is 34.0. The summed E-state index contributed by atoms with van der Waals surface area (Å²) in [5, 5.41) is 10.00. The monoisotopic (exact) mass is 392 g/mol. The molecular weight excluding hydrogens is 368 g/mol. The lowest BCUT2D eigenvalue weighted by atomic mass is 9.86. The van der Waals surface area contributed by atoms with Gasteiger partial charge in [0, 0.05) is 30.0 Å². The predicted octanol–water partition coefficient (Wildman–Crippen LogP) is 2.66. The van der Waals surface area contributed by atoms with Crippen molar-refractivity contribution in [3.05, 3.63) is 29.5 Å². The Morgan fingerprint density at radius 1 is 1.15 bits per heavy atom. The highest BCUT2D eigenvalue weighted by molar-refractivity contribution is 7.89. The lowest BCUT2D eigenvalue weighted by molar-refractivity contribution is -0.139. The van der Waals surface area contributed by atoms with E-state index in [1.165, 1.54) is 5.56 Å². The molecule has 2 aromatic rings. The molecule has 1 aromatic carbocycles. The van der Waals surface area contributed by atoms with Crippen LogP contribution >= 0.6 is 0 Å². The number of sulfonamides is 1. The van der Waals surface area contributed by atoms with Gasteiger partial charge >= 0.3 is 0 Å². The van der Waals surface area contributed by atoms with E-state index in [2.05, 4.69) is 4.72 Å². The summed E-state index contributed by atoms with van der Waals surface area (Å²) >= 11 is 0. The third kappa shape index (κ3) is 3.26. The molecule has 3 N–H and O–H groups in total. The highest BCUT2D eigenvalue weighted by Crippen LogP contribution is 2.38. The molecule has 0 radical (unpaired) electrons. The number of hydrogen-bond acceptors (Lipinski definition) is 5. The van der Waals surface area contributed by atoms with E-state index in [4.69, 9.17) is 9.62 Å². The number of furan rings is 1. The zero-order chi connectivity index (χ0) is 19.1. The Morgan fingerprint density at radius 2 is 1.89 bits per heavy atom. The maximum absolute atomic E-state index is 12.8. The van der Waals surface area contributed by atoms with E-state index in [1.54, 1.807) is 17.6 Å².